The monoisotopic (exact) mass is 359 g/mol. The molecule has 2 aromatic carbocycles. The molecule has 1 atom stereocenters. The van der Waals surface area contributed by atoms with Crippen molar-refractivity contribution in [3.05, 3.63) is 88.4 Å². The lowest BCUT2D eigenvalue weighted by molar-refractivity contribution is 0.0663. The summed E-state index contributed by atoms with van der Waals surface area (Å²) >= 11 is 12.1. The van der Waals surface area contributed by atoms with E-state index >= 15 is 0 Å². The van der Waals surface area contributed by atoms with Crippen LogP contribution in [-0.2, 0) is 12.1 Å². The number of aromatic nitrogens is 3. The molecule has 1 N–H and O–H groups in total. The zero-order chi connectivity index (χ0) is 17.0. The van der Waals surface area contributed by atoms with E-state index in [1.165, 1.54) is 6.33 Å². The van der Waals surface area contributed by atoms with Gasteiger partial charge in [-0.25, -0.2) is 9.67 Å². The minimum atomic E-state index is -1.28. The van der Waals surface area contributed by atoms with Gasteiger partial charge in [0.05, 0.1) is 6.54 Å². The van der Waals surface area contributed by atoms with Crippen LogP contribution in [0, 0.1) is 0 Å². The first kappa shape index (κ1) is 16.7. The molecule has 1 unspecified atom stereocenters. The molecule has 3 rings (SSSR count). The summed E-state index contributed by atoms with van der Waals surface area (Å²) in [7, 11) is 0. The molecule has 0 fully saturated rings. The summed E-state index contributed by atoms with van der Waals surface area (Å²) in [5.41, 5.74) is 0.244. The summed E-state index contributed by atoms with van der Waals surface area (Å²) in [5, 5.41) is 16.5. The second kappa shape index (κ2) is 7.18. The van der Waals surface area contributed by atoms with Crippen LogP contribution in [-0.4, -0.2) is 19.9 Å². The van der Waals surface area contributed by atoms with Gasteiger partial charge in [-0.2, -0.15) is 5.10 Å². The third kappa shape index (κ3) is 3.85. The molecule has 0 aliphatic heterocycles. The molecule has 4 nitrogen and oxygen atoms in total. The fraction of sp³-hybridized carbons (Fsp3) is 0.111. The molecule has 24 heavy (non-hydrogen) atoms. The van der Waals surface area contributed by atoms with Crippen molar-refractivity contribution < 1.29 is 5.11 Å². The Labute approximate surface area is 150 Å². The second-order valence-electron chi connectivity index (χ2n) is 5.38. The molecule has 0 amide bonds. The van der Waals surface area contributed by atoms with E-state index in [0.717, 1.165) is 5.56 Å². The van der Waals surface area contributed by atoms with Gasteiger partial charge in [-0.3, -0.25) is 0 Å². The zero-order valence-corrected chi connectivity index (χ0v) is 14.2. The van der Waals surface area contributed by atoms with Crippen molar-refractivity contribution in [2.45, 2.75) is 12.1 Å². The fourth-order valence-electron chi connectivity index (χ4n) is 2.38. The predicted octanol–water partition coefficient (Wildman–Crippen LogP) is 4.19. The number of hydrogen-bond acceptors (Lipinski definition) is 3. The van der Waals surface area contributed by atoms with Crippen LogP contribution in [0.5, 0.6) is 0 Å². The highest BCUT2D eigenvalue weighted by atomic mass is 35.5. The Morgan fingerprint density at radius 1 is 1.08 bits per heavy atom. The maximum absolute atomic E-state index is 11.2. The van der Waals surface area contributed by atoms with Crippen LogP contribution in [0.1, 0.15) is 11.1 Å². The number of aliphatic hydroxyl groups is 1. The summed E-state index contributed by atoms with van der Waals surface area (Å²) in [4.78, 5) is 3.92. The minimum Gasteiger partial charge on any atom is -0.379 e. The van der Waals surface area contributed by atoms with Gasteiger partial charge in [0, 0.05) is 10.0 Å². The van der Waals surface area contributed by atoms with Crippen molar-refractivity contribution in [2.24, 2.45) is 0 Å². The number of hydrogen-bond donors (Lipinski definition) is 1. The maximum Gasteiger partial charge on any atom is 0.137 e. The average Bonchev–Trinajstić information content (AvgIpc) is 3.07. The van der Waals surface area contributed by atoms with E-state index in [4.69, 9.17) is 23.2 Å². The SMILES string of the molecule is OC(/C=C/c1ccccc1Cl)(Cn1cncn1)c1ccc(Cl)cc1. The molecular formula is C18H15Cl2N3O. The Morgan fingerprint density at radius 2 is 1.83 bits per heavy atom. The van der Waals surface area contributed by atoms with Crippen LogP contribution in [0.2, 0.25) is 10.0 Å². The fourth-order valence-corrected chi connectivity index (χ4v) is 2.70. The molecule has 122 valence electrons. The lowest BCUT2D eigenvalue weighted by Crippen LogP contribution is -2.29. The van der Waals surface area contributed by atoms with Gasteiger partial charge in [-0.15, -0.1) is 0 Å². The van der Waals surface area contributed by atoms with Crippen LogP contribution in [0.4, 0.5) is 0 Å². The van der Waals surface area contributed by atoms with Gasteiger partial charge in [-0.1, -0.05) is 59.6 Å². The Kier molecular flexibility index (Phi) is 5.00. The summed E-state index contributed by atoms with van der Waals surface area (Å²) in [5.74, 6) is 0. The van der Waals surface area contributed by atoms with Gasteiger partial charge in [0.15, 0.2) is 0 Å². The van der Waals surface area contributed by atoms with E-state index in [9.17, 15) is 5.11 Å². The molecule has 0 radical (unpaired) electrons. The quantitative estimate of drug-likeness (QED) is 0.742. The van der Waals surface area contributed by atoms with Crippen molar-refractivity contribution >= 4 is 29.3 Å². The molecule has 1 aromatic heterocycles. The van der Waals surface area contributed by atoms with E-state index in [2.05, 4.69) is 10.1 Å². The van der Waals surface area contributed by atoms with Gasteiger partial charge >= 0.3 is 0 Å². The molecule has 0 aliphatic rings. The van der Waals surface area contributed by atoms with Gasteiger partial charge in [-0.05, 0) is 35.4 Å². The van der Waals surface area contributed by atoms with Crippen molar-refractivity contribution in [3.63, 3.8) is 0 Å². The maximum atomic E-state index is 11.2. The highest BCUT2D eigenvalue weighted by Gasteiger charge is 2.27. The molecule has 0 saturated carbocycles. The Bertz CT molecular complexity index is 832. The zero-order valence-electron chi connectivity index (χ0n) is 12.7. The van der Waals surface area contributed by atoms with Gasteiger partial charge in [0.1, 0.15) is 18.3 Å². The molecule has 6 heteroatoms. The van der Waals surface area contributed by atoms with Crippen molar-refractivity contribution in [1.82, 2.24) is 14.8 Å². The van der Waals surface area contributed by atoms with Gasteiger partial charge in [0.25, 0.3) is 0 Å². The topological polar surface area (TPSA) is 50.9 Å². The smallest absolute Gasteiger partial charge is 0.137 e. The molecule has 3 aromatic rings. The third-order valence-corrected chi connectivity index (χ3v) is 4.25. The number of nitrogens with zero attached hydrogens (tertiary/aromatic N) is 3. The highest BCUT2D eigenvalue weighted by molar-refractivity contribution is 6.32. The van der Waals surface area contributed by atoms with Gasteiger partial charge < -0.3 is 5.11 Å². The number of rotatable bonds is 5. The van der Waals surface area contributed by atoms with Crippen molar-refractivity contribution in [1.29, 1.82) is 0 Å². The Morgan fingerprint density at radius 3 is 2.50 bits per heavy atom. The van der Waals surface area contributed by atoms with Crippen LogP contribution in [0.25, 0.3) is 6.08 Å². The van der Waals surface area contributed by atoms with Gasteiger partial charge in [0.2, 0.25) is 0 Å². The summed E-state index contributed by atoms with van der Waals surface area (Å²) in [6, 6.07) is 14.5. The van der Waals surface area contributed by atoms with Crippen molar-refractivity contribution in [2.75, 3.05) is 0 Å². The van der Waals surface area contributed by atoms with E-state index in [1.807, 2.05) is 18.2 Å². The van der Waals surface area contributed by atoms with Crippen LogP contribution < -0.4 is 0 Å². The minimum absolute atomic E-state index is 0.218. The molecule has 0 bridgehead atoms. The number of halogens is 2. The number of benzene rings is 2. The van der Waals surface area contributed by atoms with E-state index < -0.39 is 5.60 Å². The summed E-state index contributed by atoms with van der Waals surface area (Å²) < 4.78 is 1.57. The highest BCUT2D eigenvalue weighted by Crippen LogP contribution is 2.28. The first-order valence-electron chi connectivity index (χ1n) is 7.31. The summed E-state index contributed by atoms with van der Waals surface area (Å²) in [6.45, 7) is 0.218. The molecule has 0 saturated heterocycles. The van der Waals surface area contributed by atoms with Crippen molar-refractivity contribution in [3.8, 4) is 0 Å². The molecule has 0 spiro atoms. The van der Waals surface area contributed by atoms with Crippen LogP contribution in [0.15, 0.2) is 67.3 Å². The van der Waals surface area contributed by atoms with Crippen LogP contribution in [0.3, 0.4) is 0 Å². The van der Waals surface area contributed by atoms with E-state index in [0.29, 0.717) is 15.6 Å². The standard InChI is InChI=1S/C18H15Cl2N3O/c19-16-7-5-15(6-8-16)18(24,11-23-13-21-12-22-23)10-9-14-3-1-2-4-17(14)20/h1-10,12-13,24H,11H2/b10-9+. The first-order valence-corrected chi connectivity index (χ1v) is 8.07. The largest absolute Gasteiger partial charge is 0.379 e. The predicted molar refractivity (Wildman–Crippen MR) is 95.9 cm³/mol. The third-order valence-electron chi connectivity index (χ3n) is 3.66. The Balaban J connectivity index is 1.98. The average molecular weight is 360 g/mol. The normalized spacial score (nSPS) is 14.0. The van der Waals surface area contributed by atoms with E-state index in [1.54, 1.807) is 53.5 Å². The first-order chi connectivity index (χ1) is 11.6. The van der Waals surface area contributed by atoms with Crippen LogP contribution >= 0.6 is 23.2 Å². The van der Waals surface area contributed by atoms with E-state index in [-0.39, 0.29) is 6.54 Å². The molecule has 1 heterocycles. The lowest BCUT2D eigenvalue weighted by atomic mass is 9.92. The lowest BCUT2D eigenvalue weighted by Gasteiger charge is -2.25. The Hall–Kier alpha value is -2.14. The summed E-state index contributed by atoms with van der Waals surface area (Å²) in [6.07, 6.45) is 6.50. The molecular weight excluding hydrogens is 345 g/mol. The molecule has 0 aliphatic carbocycles. The second-order valence-corrected chi connectivity index (χ2v) is 6.22.